The summed E-state index contributed by atoms with van der Waals surface area (Å²) in [6, 6.07) is 7.88. The Morgan fingerprint density at radius 2 is 2.08 bits per heavy atom. The van der Waals surface area contributed by atoms with Crippen LogP contribution in [0, 0.1) is 0 Å². The summed E-state index contributed by atoms with van der Waals surface area (Å²) in [4.78, 5) is 6.44. The first-order valence-corrected chi connectivity index (χ1v) is 11.2. The van der Waals surface area contributed by atoms with Crippen molar-refractivity contribution in [3.8, 4) is 11.3 Å². The molecule has 0 amide bonds. The molecule has 25 heavy (non-hydrogen) atoms. The normalized spacial score (nSPS) is 21.6. The van der Waals surface area contributed by atoms with E-state index < -0.39 is 9.84 Å². The van der Waals surface area contributed by atoms with Crippen molar-refractivity contribution in [3.63, 3.8) is 0 Å². The maximum Gasteiger partial charge on any atom is 0.209 e. The summed E-state index contributed by atoms with van der Waals surface area (Å²) < 4.78 is 31.1. The molecule has 5 nitrogen and oxygen atoms in total. The average molecular weight is 427 g/mol. The molecule has 1 aromatic heterocycles. The molecule has 0 radical (unpaired) electrons. The molecule has 1 saturated carbocycles. The molecule has 2 aromatic rings. The molecule has 3 rings (SSSR count). The molecule has 7 heteroatoms. The van der Waals surface area contributed by atoms with Crippen LogP contribution in [-0.4, -0.2) is 42.9 Å². The van der Waals surface area contributed by atoms with E-state index in [1.807, 2.05) is 31.3 Å². The highest BCUT2D eigenvalue weighted by molar-refractivity contribution is 9.10. The Balaban J connectivity index is 1.74. The van der Waals surface area contributed by atoms with Crippen LogP contribution in [0.4, 0.5) is 0 Å². The molecule has 0 aliphatic heterocycles. The molecule has 2 atom stereocenters. The van der Waals surface area contributed by atoms with Crippen LogP contribution in [0.1, 0.15) is 31.6 Å². The number of oxazole rings is 1. The zero-order chi connectivity index (χ0) is 18.0. The van der Waals surface area contributed by atoms with E-state index in [0.29, 0.717) is 18.2 Å². The summed E-state index contributed by atoms with van der Waals surface area (Å²) in [5.74, 6) is 1.32. The van der Waals surface area contributed by atoms with Gasteiger partial charge in [-0.05, 0) is 32.0 Å². The molecule has 0 bridgehead atoms. The largest absolute Gasteiger partial charge is 0.439 e. The number of sulfone groups is 1. The Morgan fingerprint density at radius 3 is 2.80 bits per heavy atom. The third-order valence-corrected chi connectivity index (χ3v) is 6.97. The van der Waals surface area contributed by atoms with Crippen LogP contribution in [0.15, 0.2) is 39.4 Å². The van der Waals surface area contributed by atoms with Gasteiger partial charge in [-0.1, -0.05) is 40.9 Å². The van der Waals surface area contributed by atoms with E-state index in [9.17, 15) is 8.42 Å². The quantitative estimate of drug-likeness (QED) is 0.725. The van der Waals surface area contributed by atoms with Crippen LogP contribution >= 0.6 is 15.9 Å². The van der Waals surface area contributed by atoms with Gasteiger partial charge in [0.1, 0.15) is 0 Å². The van der Waals surface area contributed by atoms with Crippen LogP contribution in [0.25, 0.3) is 11.3 Å². The number of nitrogens with zero attached hydrogens (tertiary/aromatic N) is 2. The van der Waals surface area contributed by atoms with E-state index in [1.165, 1.54) is 6.26 Å². The SMILES string of the molecule is CN(Cc1ncc(-c2cccc(Br)c2)o1)[C@@H]1CCCC[C@@H]1S(C)(=O)=O. The van der Waals surface area contributed by atoms with Gasteiger partial charge in [0.15, 0.2) is 15.6 Å². The minimum absolute atomic E-state index is 0.0185. The Hall–Kier alpha value is -1.18. The summed E-state index contributed by atoms with van der Waals surface area (Å²) in [5.41, 5.74) is 0.961. The molecule has 136 valence electrons. The molecule has 0 unspecified atom stereocenters. The fourth-order valence-electron chi connectivity index (χ4n) is 3.57. The minimum atomic E-state index is -3.05. The molecular weight excluding hydrogens is 404 g/mol. The lowest BCUT2D eigenvalue weighted by Gasteiger charge is -2.36. The molecule has 0 spiro atoms. The van der Waals surface area contributed by atoms with Crippen molar-refractivity contribution >= 4 is 25.8 Å². The topological polar surface area (TPSA) is 63.4 Å². The van der Waals surface area contributed by atoms with Gasteiger partial charge in [-0.2, -0.15) is 0 Å². The monoisotopic (exact) mass is 426 g/mol. The van der Waals surface area contributed by atoms with Gasteiger partial charge in [-0.3, -0.25) is 4.90 Å². The molecule has 1 aliphatic rings. The fraction of sp³-hybridized carbons (Fsp3) is 0.500. The highest BCUT2D eigenvalue weighted by atomic mass is 79.9. The number of rotatable bonds is 5. The number of hydrogen-bond donors (Lipinski definition) is 0. The van der Waals surface area contributed by atoms with Crippen LogP contribution in [0.5, 0.6) is 0 Å². The van der Waals surface area contributed by atoms with E-state index in [2.05, 4.69) is 25.8 Å². The van der Waals surface area contributed by atoms with Gasteiger partial charge >= 0.3 is 0 Å². The van der Waals surface area contributed by atoms with E-state index >= 15 is 0 Å². The Morgan fingerprint density at radius 1 is 1.32 bits per heavy atom. The third-order valence-electron chi connectivity index (χ3n) is 4.83. The predicted octanol–water partition coefficient (Wildman–Crippen LogP) is 3.89. The molecule has 1 aromatic carbocycles. The first kappa shape index (κ1) is 18.6. The van der Waals surface area contributed by atoms with Gasteiger partial charge in [-0.15, -0.1) is 0 Å². The third kappa shape index (κ3) is 4.51. The number of aromatic nitrogens is 1. The lowest BCUT2D eigenvalue weighted by atomic mass is 9.94. The second-order valence-electron chi connectivity index (χ2n) is 6.76. The van der Waals surface area contributed by atoms with E-state index in [-0.39, 0.29) is 11.3 Å². The zero-order valence-corrected chi connectivity index (χ0v) is 16.9. The highest BCUT2D eigenvalue weighted by Crippen LogP contribution is 2.29. The van der Waals surface area contributed by atoms with Crippen LogP contribution in [-0.2, 0) is 16.4 Å². The smallest absolute Gasteiger partial charge is 0.209 e. The molecule has 0 N–H and O–H groups in total. The van der Waals surface area contributed by atoms with Gasteiger partial charge in [0.25, 0.3) is 0 Å². The molecule has 1 heterocycles. The van der Waals surface area contributed by atoms with Crippen LogP contribution in [0.2, 0.25) is 0 Å². The first-order chi connectivity index (χ1) is 11.8. The molecular formula is C18H23BrN2O3S. The van der Waals surface area contributed by atoms with Crippen molar-refractivity contribution < 1.29 is 12.8 Å². The van der Waals surface area contributed by atoms with Crippen molar-refractivity contribution in [2.45, 2.75) is 43.5 Å². The summed E-state index contributed by atoms with van der Waals surface area (Å²) in [6.45, 7) is 0.505. The Bertz CT molecular complexity index is 834. The predicted molar refractivity (Wildman–Crippen MR) is 102 cm³/mol. The van der Waals surface area contributed by atoms with Gasteiger partial charge in [0.05, 0.1) is 18.0 Å². The Labute approximate surface area is 157 Å². The van der Waals surface area contributed by atoms with Crippen molar-refractivity contribution in [1.82, 2.24) is 9.88 Å². The highest BCUT2D eigenvalue weighted by Gasteiger charge is 2.35. The summed E-state index contributed by atoms with van der Waals surface area (Å²) in [6.07, 6.45) is 6.75. The molecule has 1 aliphatic carbocycles. The van der Waals surface area contributed by atoms with Crippen molar-refractivity contribution in [2.75, 3.05) is 13.3 Å². The van der Waals surface area contributed by atoms with Crippen LogP contribution in [0.3, 0.4) is 0 Å². The van der Waals surface area contributed by atoms with Crippen molar-refractivity contribution in [1.29, 1.82) is 0 Å². The second-order valence-corrected chi connectivity index (χ2v) is 9.94. The minimum Gasteiger partial charge on any atom is -0.439 e. The maximum absolute atomic E-state index is 12.1. The van der Waals surface area contributed by atoms with Gasteiger partial charge in [-0.25, -0.2) is 13.4 Å². The zero-order valence-electron chi connectivity index (χ0n) is 14.5. The maximum atomic E-state index is 12.1. The first-order valence-electron chi connectivity index (χ1n) is 8.44. The summed E-state index contributed by atoms with van der Waals surface area (Å²) in [7, 11) is -1.10. The standard InChI is InChI=1S/C18H23BrN2O3S/c1-21(15-8-3-4-9-17(15)25(2,22)23)12-18-20-11-16(24-18)13-6-5-7-14(19)10-13/h5-7,10-11,15,17H,3-4,8-9,12H2,1-2H3/t15-,17+/m1/s1. The van der Waals surface area contributed by atoms with Crippen molar-refractivity contribution in [3.05, 3.63) is 40.8 Å². The summed E-state index contributed by atoms with van der Waals surface area (Å²) >= 11 is 3.46. The Kier molecular flexibility index (Phi) is 5.65. The summed E-state index contributed by atoms with van der Waals surface area (Å²) in [5, 5.41) is -0.300. The van der Waals surface area contributed by atoms with E-state index in [1.54, 1.807) is 6.20 Å². The molecule has 0 saturated heterocycles. The van der Waals surface area contributed by atoms with Gasteiger partial charge in [0, 0.05) is 22.3 Å². The van der Waals surface area contributed by atoms with E-state index in [0.717, 1.165) is 35.7 Å². The van der Waals surface area contributed by atoms with Gasteiger partial charge < -0.3 is 4.42 Å². The number of hydrogen-bond acceptors (Lipinski definition) is 5. The van der Waals surface area contributed by atoms with Gasteiger partial charge in [0.2, 0.25) is 5.89 Å². The lowest BCUT2D eigenvalue weighted by Crippen LogP contribution is -2.46. The fourth-order valence-corrected chi connectivity index (χ4v) is 5.48. The second kappa shape index (κ2) is 7.60. The van der Waals surface area contributed by atoms with Crippen molar-refractivity contribution in [2.24, 2.45) is 0 Å². The van der Waals surface area contributed by atoms with Crippen LogP contribution < -0.4 is 0 Å². The van der Waals surface area contributed by atoms with E-state index in [4.69, 9.17) is 4.42 Å². The average Bonchev–Trinajstić information content (AvgIpc) is 3.02. The molecule has 1 fully saturated rings. The lowest BCUT2D eigenvalue weighted by molar-refractivity contribution is 0.173. The number of benzene rings is 1. The number of halogens is 1.